The molecule has 4 nitrogen and oxygen atoms in total. The number of aryl methyl sites for hydroxylation is 2. The van der Waals surface area contributed by atoms with E-state index < -0.39 is 5.97 Å². The van der Waals surface area contributed by atoms with E-state index in [0.717, 1.165) is 11.3 Å². The minimum Gasteiger partial charge on any atom is -0.507 e. The average molecular weight is 272 g/mol. The third-order valence-electron chi connectivity index (χ3n) is 3.02. The monoisotopic (exact) mass is 272 g/mol. The van der Waals surface area contributed by atoms with E-state index in [1.165, 1.54) is 6.07 Å². The van der Waals surface area contributed by atoms with Crippen molar-refractivity contribution in [2.75, 3.05) is 0 Å². The zero-order valence-corrected chi connectivity index (χ0v) is 11.4. The average Bonchev–Trinajstić information content (AvgIpc) is 2.41. The van der Waals surface area contributed by atoms with Gasteiger partial charge in [-0.05, 0) is 49.2 Å². The van der Waals surface area contributed by atoms with Gasteiger partial charge in [-0.3, -0.25) is 0 Å². The Kier molecular flexibility index (Phi) is 3.94. The Labute approximate surface area is 117 Å². The molecular weight excluding hydrogens is 256 g/mol. The lowest BCUT2D eigenvalue weighted by molar-refractivity contribution is 0.0693. The fourth-order valence-corrected chi connectivity index (χ4v) is 1.90. The molecule has 2 rings (SSSR count). The predicted octanol–water partition coefficient (Wildman–Crippen LogP) is 3.29. The minimum atomic E-state index is -1.15. The van der Waals surface area contributed by atoms with Crippen LogP contribution >= 0.6 is 0 Å². The fraction of sp³-hybridized carbons (Fsp3) is 0.188. The number of hydrogen-bond donors (Lipinski definition) is 2. The standard InChI is InChI=1S/C16H16O4/c1-10-3-5-13(6-4-10)20-9-12-7-11(2)15(17)14(8-12)16(18)19/h3-8,17H,9H2,1-2H3,(H,18,19). The molecule has 2 N–H and O–H groups in total. The van der Waals surface area contributed by atoms with Crippen molar-refractivity contribution in [3.63, 3.8) is 0 Å². The highest BCUT2D eigenvalue weighted by Gasteiger charge is 2.13. The van der Waals surface area contributed by atoms with Gasteiger partial charge in [0.2, 0.25) is 0 Å². The van der Waals surface area contributed by atoms with E-state index in [1.54, 1.807) is 13.0 Å². The van der Waals surface area contributed by atoms with Gasteiger partial charge in [-0.25, -0.2) is 4.79 Å². The van der Waals surface area contributed by atoms with Gasteiger partial charge < -0.3 is 14.9 Å². The van der Waals surface area contributed by atoms with Crippen LogP contribution in [0.25, 0.3) is 0 Å². The Morgan fingerprint density at radius 3 is 2.40 bits per heavy atom. The summed E-state index contributed by atoms with van der Waals surface area (Å²) in [6.45, 7) is 3.91. The molecule has 0 unspecified atom stereocenters. The number of hydrogen-bond acceptors (Lipinski definition) is 3. The maximum absolute atomic E-state index is 11.0. The summed E-state index contributed by atoms with van der Waals surface area (Å²) in [6, 6.07) is 10.8. The van der Waals surface area contributed by atoms with E-state index in [1.807, 2.05) is 31.2 Å². The van der Waals surface area contributed by atoms with Crippen LogP contribution in [0.1, 0.15) is 27.0 Å². The Bertz CT molecular complexity index is 630. The SMILES string of the molecule is Cc1ccc(OCc2cc(C)c(O)c(C(=O)O)c2)cc1. The molecule has 104 valence electrons. The largest absolute Gasteiger partial charge is 0.507 e. The molecule has 0 aliphatic rings. The zero-order chi connectivity index (χ0) is 14.7. The number of ether oxygens (including phenoxy) is 1. The third-order valence-corrected chi connectivity index (χ3v) is 3.02. The van der Waals surface area contributed by atoms with Crippen LogP contribution in [0.4, 0.5) is 0 Å². The lowest BCUT2D eigenvalue weighted by Crippen LogP contribution is -2.02. The van der Waals surface area contributed by atoms with E-state index in [9.17, 15) is 9.90 Å². The van der Waals surface area contributed by atoms with Crippen LogP contribution in [-0.2, 0) is 6.61 Å². The van der Waals surface area contributed by atoms with Gasteiger partial charge in [0.05, 0.1) is 0 Å². The number of carboxylic acids is 1. The second-order valence-corrected chi connectivity index (χ2v) is 4.72. The lowest BCUT2D eigenvalue weighted by atomic mass is 10.1. The Balaban J connectivity index is 2.17. The highest BCUT2D eigenvalue weighted by molar-refractivity contribution is 5.91. The first-order valence-electron chi connectivity index (χ1n) is 6.22. The van der Waals surface area contributed by atoms with E-state index in [2.05, 4.69) is 0 Å². The molecule has 0 aliphatic carbocycles. The summed E-state index contributed by atoms with van der Waals surface area (Å²) >= 11 is 0. The molecule has 0 saturated carbocycles. The maximum Gasteiger partial charge on any atom is 0.339 e. The highest BCUT2D eigenvalue weighted by Crippen LogP contribution is 2.25. The molecule has 0 atom stereocenters. The van der Waals surface area contributed by atoms with Gasteiger partial charge >= 0.3 is 5.97 Å². The van der Waals surface area contributed by atoms with Gasteiger partial charge in [0.15, 0.2) is 0 Å². The zero-order valence-electron chi connectivity index (χ0n) is 11.4. The van der Waals surface area contributed by atoms with Crippen LogP contribution in [0.2, 0.25) is 0 Å². The second-order valence-electron chi connectivity index (χ2n) is 4.72. The van der Waals surface area contributed by atoms with Crippen molar-refractivity contribution >= 4 is 5.97 Å². The van der Waals surface area contributed by atoms with Gasteiger partial charge in [-0.1, -0.05) is 17.7 Å². The van der Waals surface area contributed by atoms with Crippen LogP contribution in [-0.4, -0.2) is 16.2 Å². The maximum atomic E-state index is 11.0. The van der Waals surface area contributed by atoms with Crippen LogP contribution < -0.4 is 4.74 Å². The van der Waals surface area contributed by atoms with E-state index in [0.29, 0.717) is 11.1 Å². The Hall–Kier alpha value is -2.49. The molecule has 0 aliphatic heterocycles. The molecule has 20 heavy (non-hydrogen) atoms. The van der Waals surface area contributed by atoms with Crippen molar-refractivity contribution in [3.8, 4) is 11.5 Å². The van der Waals surface area contributed by atoms with Crippen LogP contribution in [0, 0.1) is 13.8 Å². The minimum absolute atomic E-state index is 0.104. The molecule has 0 bridgehead atoms. The summed E-state index contributed by atoms with van der Waals surface area (Å²) < 4.78 is 5.60. The molecule has 0 radical (unpaired) electrons. The van der Waals surface area contributed by atoms with Crippen molar-refractivity contribution in [2.45, 2.75) is 20.5 Å². The summed E-state index contributed by atoms with van der Waals surface area (Å²) in [5, 5.41) is 18.7. The normalized spacial score (nSPS) is 10.3. The van der Waals surface area contributed by atoms with E-state index in [4.69, 9.17) is 9.84 Å². The molecule has 2 aromatic carbocycles. The summed E-state index contributed by atoms with van der Waals surface area (Å²) in [5.41, 5.74) is 2.27. The van der Waals surface area contributed by atoms with Gasteiger partial charge in [-0.15, -0.1) is 0 Å². The number of carbonyl (C=O) groups is 1. The first kappa shape index (κ1) is 13.9. The molecule has 4 heteroatoms. The van der Waals surface area contributed by atoms with Gasteiger partial charge in [0.1, 0.15) is 23.7 Å². The van der Waals surface area contributed by atoms with E-state index >= 15 is 0 Å². The lowest BCUT2D eigenvalue weighted by Gasteiger charge is -2.10. The predicted molar refractivity (Wildman–Crippen MR) is 75.3 cm³/mol. The second kappa shape index (κ2) is 5.65. The fourth-order valence-electron chi connectivity index (χ4n) is 1.90. The summed E-state index contributed by atoms with van der Waals surface area (Å²) in [6.07, 6.45) is 0. The molecule has 0 saturated heterocycles. The molecule has 2 aromatic rings. The van der Waals surface area contributed by atoms with Crippen LogP contribution in [0.5, 0.6) is 11.5 Å². The summed E-state index contributed by atoms with van der Waals surface area (Å²) in [7, 11) is 0. The topological polar surface area (TPSA) is 66.8 Å². The third kappa shape index (κ3) is 3.09. The number of aromatic hydroxyl groups is 1. The van der Waals surface area contributed by atoms with Crippen LogP contribution in [0.3, 0.4) is 0 Å². The van der Waals surface area contributed by atoms with Crippen molar-refractivity contribution in [2.24, 2.45) is 0 Å². The molecule has 0 fully saturated rings. The first-order valence-corrected chi connectivity index (χ1v) is 6.22. The van der Waals surface area contributed by atoms with Gasteiger partial charge in [-0.2, -0.15) is 0 Å². The van der Waals surface area contributed by atoms with E-state index in [-0.39, 0.29) is 17.9 Å². The first-order chi connectivity index (χ1) is 9.47. The number of aromatic carboxylic acids is 1. The number of rotatable bonds is 4. The van der Waals surface area contributed by atoms with Crippen molar-refractivity contribution < 1.29 is 19.7 Å². The molecule has 0 spiro atoms. The Morgan fingerprint density at radius 1 is 1.15 bits per heavy atom. The van der Waals surface area contributed by atoms with Crippen LogP contribution in [0.15, 0.2) is 36.4 Å². The smallest absolute Gasteiger partial charge is 0.339 e. The quantitative estimate of drug-likeness (QED) is 0.896. The summed E-state index contributed by atoms with van der Waals surface area (Å²) in [5.74, 6) is -0.627. The Morgan fingerprint density at radius 2 is 1.80 bits per heavy atom. The molecule has 0 aromatic heterocycles. The molecule has 0 heterocycles. The van der Waals surface area contributed by atoms with Gasteiger partial charge in [0, 0.05) is 0 Å². The number of benzene rings is 2. The van der Waals surface area contributed by atoms with Gasteiger partial charge in [0.25, 0.3) is 0 Å². The molecule has 0 amide bonds. The number of phenols is 1. The van der Waals surface area contributed by atoms with Crippen molar-refractivity contribution in [3.05, 3.63) is 58.7 Å². The van der Waals surface area contributed by atoms with Crippen molar-refractivity contribution in [1.29, 1.82) is 0 Å². The molecular formula is C16H16O4. The van der Waals surface area contributed by atoms with Crippen molar-refractivity contribution in [1.82, 2.24) is 0 Å². The highest BCUT2D eigenvalue weighted by atomic mass is 16.5. The summed E-state index contributed by atoms with van der Waals surface area (Å²) in [4.78, 5) is 11.0. The number of carboxylic acid groups (broad SMARTS) is 1.